The molecule has 1 aliphatic rings. The summed E-state index contributed by atoms with van der Waals surface area (Å²) in [5, 5.41) is 5.54. The Labute approximate surface area is 199 Å². The van der Waals surface area contributed by atoms with Crippen molar-refractivity contribution in [2.75, 3.05) is 39.7 Å². The van der Waals surface area contributed by atoms with Crippen LogP contribution in [0.15, 0.2) is 66.7 Å². The highest BCUT2D eigenvalue weighted by molar-refractivity contribution is 5.96. The van der Waals surface area contributed by atoms with Crippen LogP contribution in [0.3, 0.4) is 0 Å². The molecule has 2 amide bonds. The summed E-state index contributed by atoms with van der Waals surface area (Å²) in [4.78, 5) is 26.9. The molecule has 2 N–H and O–H groups in total. The van der Waals surface area contributed by atoms with E-state index < -0.39 is 0 Å². The maximum atomic E-state index is 13.0. The number of ether oxygens (including phenoxy) is 2. The first-order valence-electron chi connectivity index (χ1n) is 11.2. The van der Waals surface area contributed by atoms with Crippen LogP contribution >= 0.6 is 0 Å². The van der Waals surface area contributed by atoms with Crippen LogP contribution in [0.2, 0.25) is 0 Å². The van der Waals surface area contributed by atoms with Crippen molar-refractivity contribution in [2.24, 2.45) is 0 Å². The minimum atomic E-state index is -0.164. The normalized spacial score (nSPS) is 15.2. The number of carbonyl (C=O) groups is 2. The van der Waals surface area contributed by atoms with Gasteiger partial charge in [0.15, 0.2) is 11.5 Å². The summed E-state index contributed by atoms with van der Waals surface area (Å²) in [5.74, 6) is 1.10. The van der Waals surface area contributed by atoms with Crippen molar-refractivity contribution in [1.82, 2.24) is 10.2 Å². The minimum Gasteiger partial charge on any atom is -0.493 e. The lowest BCUT2D eigenvalue weighted by molar-refractivity contribution is -0.117. The fourth-order valence-corrected chi connectivity index (χ4v) is 4.43. The zero-order valence-electron chi connectivity index (χ0n) is 19.6. The van der Waals surface area contributed by atoms with Gasteiger partial charge in [-0.3, -0.25) is 14.5 Å². The Kier molecular flexibility index (Phi) is 7.13. The molecule has 176 valence electrons. The Morgan fingerprint density at radius 3 is 2.29 bits per heavy atom. The third-order valence-corrected chi connectivity index (χ3v) is 6.09. The van der Waals surface area contributed by atoms with Gasteiger partial charge >= 0.3 is 0 Å². The van der Waals surface area contributed by atoms with Gasteiger partial charge in [0, 0.05) is 24.8 Å². The zero-order valence-corrected chi connectivity index (χ0v) is 19.6. The predicted molar refractivity (Wildman–Crippen MR) is 132 cm³/mol. The molecule has 0 spiro atoms. The van der Waals surface area contributed by atoms with Gasteiger partial charge in [0.1, 0.15) is 0 Å². The summed E-state index contributed by atoms with van der Waals surface area (Å²) in [6.45, 7) is 0.954. The van der Waals surface area contributed by atoms with Gasteiger partial charge in [0.2, 0.25) is 5.91 Å². The monoisotopic (exact) mass is 459 g/mol. The van der Waals surface area contributed by atoms with Gasteiger partial charge in [0.25, 0.3) is 5.91 Å². The Balaban J connectivity index is 1.58. The van der Waals surface area contributed by atoms with Crippen molar-refractivity contribution in [2.45, 2.75) is 12.5 Å². The number of anilines is 1. The van der Waals surface area contributed by atoms with Crippen LogP contribution < -0.4 is 20.1 Å². The number of hydrogen-bond donors (Lipinski definition) is 2. The smallest absolute Gasteiger partial charge is 0.251 e. The van der Waals surface area contributed by atoms with Crippen molar-refractivity contribution >= 4 is 17.5 Å². The van der Waals surface area contributed by atoms with Gasteiger partial charge in [-0.2, -0.15) is 0 Å². The molecule has 7 heteroatoms. The van der Waals surface area contributed by atoms with Crippen molar-refractivity contribution < 1.29 is 19.1 Å². The molecule has 0 saturated heterocycles. The molecule has 3 aromatic carbocycles. The first-order chi connectivity index (χ1) is 16.5. The van der Waals surface area contributed by atoms with Crippen molar-refractivity contribution in [3.63, 3.8) is 0 Å². The summed E-state index contributed by atoms with van der Waals surface area (Å²) in [5.41, 5.74) is 4.60. The van der Waals surface area contributed by atoms with Gasteiger partial charge in [0.05, 0.1) is 26.8 Å². The average molecular weight is 460 g/mol. The van der Waals surface area contributed by atoms with Crippen molar-refractivity contribution in [3.8, 4) is 11.5 Å². The van der Waals surface area contributed by atoms with Crippen LogP contribution in [-0.4, -0.2) is 51.1 Å². The number of carbonyl (C=O) groups excluding carboxylic acids is 2. The van der Waals surface area contributed by atoms with Crippen LogP contribution in [0.5, 0.6) is 11.5 Å². The van der Waals surface area contributed by atoms with E-state index in [0.717, 1.165) is 24.1 Å². The number of nitrogens with zero attached hydrogens (tertiary/aromatic N) is 1. The largest absolute Gasteiger partial charge is 0.493 e. The van der Waals surface area contributed by atoms with E-state index >= 15 is 0 Å². The molecule has 3 aromatic rings. The highest BCUT2D eigenvalue weighted by atomic mass is 16.5. The van der Waals surface area contributed by atoms with Gasteiger partial charge in [-0.25, -0.2) is 0 Å². The van der Waals surface area contributed by atoms with Crippen LogP contribution in [-0.2, 0) is 11.2 Å². The fourth-order valence-electron chi connectivity index (χ4n) is 4.43. The van der Waals surface area contributed by atoms with E-state index in [4.69, 9.17) is 9.47 Å². The SMILES string of the molecule is CNC(=O)c1ccc(NC(=O)CN2CCc3cc(OC)c(OC)cc3[C@@H]2c2ccccc2)cc1. The maximum absolute atomic E-state index is 13.0. The molecule has 0 aromatic heterocycles. The minimum absolute atomic E-state index is 0.0915. The third kappa shape index (κ3) is 4.89. The van der Waals surface area contributed by atoms with E-state index in [0.29, 0.717) is 22.7 Å². The Bertz CT molecular complexity index is 1160. The number of rotatable bonds is 7. The first kappa shape index (κ1) is 23.3. The lowest BCUT2D eigenvalue weighted by Gasteiger charge is -2.37. The van der Waals surface area contributed by atoms with E-state index in [2.05, 4.69) is 27.7 Å². The van der Waals surface area contributed by atoms with Gasteiger partial charge in [-0.15, -0.1) is 0 Å². The molecule has 0 saturated carbocycles. The predicted octanol–water partition coefficient (Wildman–Crippen LogP) is 3.65. The van der Waals surface area contributed by atoms with Crippen molar-refractivity contribution in [1.29, 1.82) is 0 Å². The second-order valence-corrected chi connectivity index (χ2v) is 8.14. The zero-order chi connectivity index (χ0) is 24.1. The number of amides is 2. The topological polar surface area (TPSA) is 79.9 Å². The Morgan fingerprint density at radius 1 is 0.971 bits per heavy atom. The quantitative estimate of drug-likeness (QED) is 0.564. The third-order valence-electron chi connectivity index (χ3n) is 6.09. The number of fused-ring (bicyclic) bond motifs is 1. The molecule has 1 aliphatic heterocycles. The summed E-state index contributed by atoms with van der Waals surface area (Å²) < 4.78 is 11.1. The van der Waals surface area contributed by atoms with Crippen LogP contribution in [0.25, 0.3) is 0 Å². The molecule has 0 radical (unpaired) electrons. The first-order valence-corrected chi connectivity index (χ1v) is 11.2. The molecule has 0 aliphatic carbocycles. The molecule has 0 unspecified atom stereocenters. The van der Waals surface area contributed by atoms with Crippen LogP contribution in [0, 0.1) is 0 Å². The van der Waals surface area contributed by atoms with E-state index in [1.807, 2.05) is 30.3 Å². The molecular weight excluding hydrogens is 430 g/mol. The molecular formula is C27H29N3O4. The van der Waals surface area contributed by atoms with E-state index in [1.54, 1.807) is 45.5 Å². The molecule has 7 nitrogen and oxygen atoms in total. The molecule has 1 heterocycles. The summed E-state index contributed by atoms with van der Waals surface area (Å²) in [6, 6.07) is 21.0. The van der Waals surface area contributed by atoms with Crippen molar-refractivity contribution in [3.05, 3.63) is 89.0 Å². The summed E-state index contributed by atoms with van der Waals surface area (Å²) >= 11 is 0. The number of nitrogens with one attached hydrogen (secondary N) is 2. The standard InChI is InChI=1S/C27H29N3O4/c1-28-27(32)19-9-11-21(12-10-19)29-25(31)17-30-14-13-20-15-23(33-2)24(34-3)16-22(20)26(30)18-7-5-4-6-8-18/h4-12,15-16,26H,13-14,17H2,1-3H3,(H,28,32)(H,29,31)/t26-/m0/s1. The van der Waals surface area contributed by atoms with Gasteiger partial charge in [-0.1, -0.05) is 30.3 Å². The average Bonchev–Trinajstić information content (AvgIpc) is 2.88. The maximum Gasteiger partial charge on any atom is 0.251 e. The molecule has 1 atom stereocenters. The van der Waals surface area contributed by atoms with E-state index in [-0.39, 0.29) is 24.4 Å². The van der Waals surface area contributed by atoms with E-state index in [1.165, 1.54) is 5.56 Å². The highest BCUT2D eigenvalue weighted by Crippen LogP contribution is 2.40. The lowest BCUT2D eigenvalue weighted by Crippen LogP contribution is -2.41. The Hall–Kier alpha value is -3.84. The van der Waals surface area contributed by atoms with Crippen LogP contribution in [0.4, 0.5) is 5.69 Å². The van der Waals surface area contributed by atoms with Crippen LogP contribution in [0.1, 0.15) is 33.1 Å². The number of benzene rings is 3. The molecule has 0 bridgehead atoms. The van der Waals surface area contributed by atoms with E-state index in [9.17, 15) is 9.59 Å². The second kappa shape index (κ2) is 10.4. The Morgan fingerprint density at radius 2 is 1.65 bits per heavy atom. The van der Waals surface area contributed by atoms with Gasteiger partial charge in [-0.05, 0) is 59.5 Å². The molecule has 34 heavy (non-hydrogen) atoms. The lowest BCUT2D eigenvalue weighted by atomic mass is 9.87. The summed E-state index contributed by atoms with van der Waals surface area (Å²) in [6.07, 6.45) is 0.799. The number of methoxy groups -OCH3 is 2. The molecule has 0 fully saturated rings. The second-order valence-electron chi connectivity index (χ2n) is 8.14. The highest BCUT2D eigenvalue weighted by Gasteiger charge is 2.31. The molecule has 4 rings (SSSR count). The summed E-state index contributed by atoms with van der Waals surface area (Å²) in [7, 11) is 4.86. The number of hydrogen-bond acceptors (Lipinski definition) is 5. The fraction of sp³-hybridized carbons (Fsp3) is 0.259. The van der Waals surface area contributed by atoms with Gasteiger partial charge < -0.3 is 20.1 Å².